The summed E-state index contributed by atoms with van der Waals surface area (Å²) >= 11 is 0. The summed E-state index contributed by atoms with van der Waals surface area (Å²) in [6.07, 6.45) is 0.894. The van der Waals surface area contributed by atoms with Gasteiger partial charge < -0.3 is 15.6 Å². The molecule has 1 unspecified atom stereocenters. The molecule has 0 saturated heterocycles. The Morgan fingerprint density at radius 1 is 1.56 bits per heavy atom. The van der Waals surface area contributed by atoms with E-state index in [2.05, 4.69) is 9.97 Å². The first kappa shape index (κ1) is 14.4. The summed E-state index contributed by atoms with van der Waals surface area (Å²) in [5.74, 6) is -0.768. The van der Waals surface area contributed by atoms with Gasteiger partial charge in [-0.25, -0.2) is 14.8 Å². The Morgan fingerprint density at radius 3 is 2.56 bits per heavy atom. The first-order valence-corrected chi connectivity index (χ1v) is 5.74. The Balaban J connectivity index is 3.15. The van der Waals surface area contributed by atoms with E-state index in [4.69, 9.17) is 15.6 Å². The number of nitrogen functional groups attached to an aromatic ring is 1. The van der Waals surface area contributed by atoms with Crippen LogP contribution in [0.5, 0.6) is 0 Å². The van der Waals surface area contributed by atoms with E-state index >= 15 is 0 Å². The summed E-state index contributed by atoms with van der Waals surface area (Å²) in [5, 5.41) is 8.87. The lowest BCUT2D eigenvalue weighted by molar-refractivity contribution is -0.0190. The highest BCUT2D eigenvalue weighted by atomic mass is 16.5. The molecule has 0 bridgehead atoms. The molecule has 18 heavy (non-hydrogen) atoms. The van der Waals surface area contributed by atoms with Crippen molar-refractivity contribution >= 4 is 11.8 Å². The zero-order valence-corrected chi connectivity index (χ0v) is 11.1. The number of aromatic carboxylic acids is 1. The topological polar surface area (TPSA) is 98.3 Å². The van der Waals surface area contributed by atoms with Crippen molar-refractivity contribution in [2.75, 3.05) is 12.3 Å². The molecule has 1 aromatic rings. The van der Waals surface area contributed by atoms with Crippen molar-refractivity contribution < 1.29 is 14.6 Å². The molecule has 0 amide bonds. The van der Waals surface area contributed by atoms with Gasteiger partial charge in [0, 0.05) is 12.8 Å². The molecule has 0 aliphatic carbocycles. The average Bonchev–Trinajstić information content (AvgIpc) is 2.23. The quantitative estimate of drug-likeness (QED) is 0.850. The second kappa shape index (κ2) is 5.30. The van der Waals surface area contributed by atoms with Crippen LogP contribution in [0.25, 0.3) is 0 Å². The number of carboxylic acids is 1. The number of hydrogen-bond donors (Lipinski definition) is 2. The number of ether oxygens (including phenoxy) is 1. The van der Waals surface area contributed by atoms with E-state index in [1.165, 1.54) is 6.20 Å². The largest absolute Gasteiger partial charge is 0.477 e. The standard InChI is InChI=1S/C12H19N3O3/c1-5-18-8(12(2,3)4)10-14-6-7(11(16)17)9(13)15-10/h6,8H,5H2,1-4H3,(H,16,17)(H2,13,14,15). The lowest BCUT2D eigenvalue weighted by Crippen LogP contribution is -2.24. The molecule has 6 heteroatoms. The fourth-order valence-corrected chi connectivity index (χ4v) is 1.58. The van der Waals surface area contributed by atoms with Crippen LogP contribution in [0, 0.1) is 5.41 Å². The molecule has 0 saturated carbocycles. The molecule has 0 spiro atoms. The van der Waals surface area contributed by atoms with E-state index in [0.717, 1.165) is 0 Å². The second-order valence-corrected chi connectivity index (χ2v) is 5.03. The molecule has 1 heterocycles. The molecule has 100 valence electrons. The van der Waals surface area contributed by atoms with Gasteiger partial charge in [-0.2, -0.15) is 0 Å². The highest BCUT2D eigenvalue weighted by molar-refractivity contribution is 5.92. The van der Waals surface area contributed by atoms with Crippen molar-refractivity contribution in [2.45, 2.75) is 33.8 Å². The minimum Gasteiger partial charge on any atom is -0.477 e. The van der Waals surface area contributed by atoms with Gasteiger partial charge in [-0.3, -0.25) is 0 Å². The smallest absolute Gasteiger partial charge is 0.341 e. The van der Waals surface area contributed by atoms with Crippen molar-refractivity contribution in [1.82, 2.24) is 9.97 Å². The van der Waals surface area contributed by atoms with Crippen LogP contribution < -0.4 is 5.73 Å². The number of hydrogen-bond acceptors (Lipinski definition) is 5. The first-order valence-electron chi connectivity index (χ1n) is 5.74. The number of nitrogens with zero attached hydrogens (tertiary/aromatic N) is 2. The molecule has 0 aliphatic rings. The SMILES string of the molecule is CCOC(c1ncc(C(=O)O)c(N)n1)C(C)(C)C. The number of rotatable bonds is 4. The monoisotopic (exact) mass is 253 g/mol. The maximum absolute atomic E-state index is 10.8. The predicted molar refractivity (Wildman–Crippen MR) is 67.2 cm³/mol. The van der Waals surface area contributed by atoms with Gasteiger partial charge in [0.25, 0.3) is 0 Å². The molecular formula is C12H19N3O3. The Kier molecular flexibility index (Phi) is 4.24. The van der Waals surface area contributed by atoms with Gasteiger partial charge >= 0.3 is 5.97 Å². The highest BCUT2D eigenvalue weighted by Gasteiger charge is 2.30. The zero-order chi connectivity index (χ0) is 13.9. The zero-order valence-electron chi connectivity index (χ0n) is 11.1. The van der Waals surface area contributed by atoms with Crippen LogP contribution in [-0.2, 0) is 4.74 Å². The Bertz CT molecular complexity index is 441. The molecule has 3 N–H and O–H groups in total. The molecule has 0 aromatic carbocycles. The number of anilines is 1. The average molecular weight is 253 g/mol. The minimum atomic E-state index is -1.14. The molecular weight excluding hydrogens is 234 g/mol. The number of carbonyl (C=O) groups is 1. The Hall–Kier alpha value is -1.69. The van der Waals surface area contributed by atoms with Crippen molar-refractivity contribution in [3.63, 3.8) is 0 Å². The van der Waals surface area contributed by atoms with Crippen LogP contribution in [0.2, 0.25) is 0 Å². The van der Waals surface area contributed by atoms with Gasteiger partial charge in [-0.1, -0.05) is 20.8 Å². The van der Waals surface area contributed by atoms with E-state index in [-0.39, 0.29) is 22.9 Å². The number of aromatic nitrogens is 2. The van der Waals surface area contributed by atoms with E-state index in [9.17, 15) is 4.79 Å². The van der Waals surface area contributed by atoms with Gasteiger partial charge in [0.1, 0.15) is 17.5 Å². The van der Waals surface area contributed by atoms with Crippen LogP contribution in [0.3, 0.4) is 0 Å². The molecule has 0 radical (unpaired) electrons. The third-order valence-corrected chi connectivity index (χ3v) is 2.42. The fourth-order valence-electron chi connectivity index (χ4n) is 1.58. The molecule has 6 nitrogen and oxygen atoms in total. The third kappa shape index (κ3) is 3.16. The van der Waals surface area contributed by atoms with Gasteiger partial charge in [0.05, 0.1) is 0 Å². The summed E-state index contributed by atoms with van der Waals surface area (Å²) < 4.78 is 5.62. The molecule has 1 rings (SSSR count). The van der Waals surface area contributed by atoms with Crippen LogP contribution in [0.15, 0.2) is 6.20 Å². The van der Waals surface area contributed by atoms with Crippen LogP contribution in [0.4, 0.5) is 5.82 Å². The third-order valence-electron chi connectivity index (χ3n) is 2.42. The summed E-state index contributed by atoms with van der Waals surface area (Å²) in [6.45, 7) is 8.40. The van der Waals surface area contributed by atoms with Crippen molar-refractivity contribution in [1.29, 1.82) is 0 Å². The van der Waals surface area contributed by atoms with Crippen molar-refractivity contribution in [3.05, 3.63) is 17.6 Å². The van der Waals surface area contributed by atoms with Crippen molar-refractivity contribution in [2.24, 2.45) is 5.41 Å². The summed E-state index contributed by atoms with van der Waals surface area (Å²) in [4.78, 5) is 18.9. The molecule has 1 atom stereocenters. The lowest BCUT2D eigenvalue weighted by Gasteiger charge is -2.29. The first-order chi connectivity index (χ1) is 8.27. The highest BCUT2D eigenvalue weighted by Crippen LogP contribution is 2.34. The van der Waals surface area contributed by atoms with E-state index < -0.39 is 5.97 Å². The summed E-state index contributed by atoms with van der Waals surface area (Å²) in [7, 11) is 0. The van der Waals surface area contributed by atoms with Gasteiger partial charge in [-0.05, 0) is 12.3 Å². The maximum atomic E-state index is 10.8. The lowest BCUT2D eigenvalue weighted by atomic mass is 9.88. The number of nitrogens with two attached hydrogens (primary N) is 1. The van der Waals surface area contributed by atoms with Gasteiger partial charge in [-0.15, -0.1) is 0 Å². The Labute approximate surface area is 106 Å². The van der Waals surface area contributed by atoms with Crippen LogP contribution >= 0.6 is 0 Å². The van der Waals surface area contributed by atoms with Gasteiger partial charge in [0.2, 0.25) is 0 Å². The van der Waals surface area contributed by atoms with Gasteiger partial charge in [0.15, 0.2) is 5.82 Å². The maximum Gasteiger partial charge on any atom is 0.341 e. The summed E-state index contributed by atoms with van der Waals surface area (Å²) in [5.41, 5.74) is 5.32. The second-order valence-electron chi connectivity index (χ2n) is 5.03. The predicted octanol–water partition coefficient (Wildman–Crippen LogP) is 1.88. The minimum absolute atomic E-state index is 0.0403. The van der Waals surface area contributed by atoms with E-state index in [0.29, 0.717) is 12.4 Å². The van der Waals surface area contributed by atoms with Crippen LogP contribution in [0.1, 0.15) is 50.0 Å². The van der Waals surface area contributed by atoms with E-state index in [1.807, 2.05) is 27.7 Å². The Morgan fingerprint density at radius 2 is 2.17 bits per heavy atom. The summed E-state index contributed by atoms with van der Waals surface area (Å²) in [6, 6.07) is 0. The fraction of sp³-hybridized carbons (Fsp3) is 0.583. The van der Waals surface area contributed by atoms with Crippen LogP contribution in [-0.4, -0.2) is 27.7 Å². The normalized spacial score (nSPS) is 13.3. The molecule has 0 aliphatic heterocycles. The molecule has 0 fully saturated rings. The number of carboxylic acid groups (broad SMARTS) is 1. The molecule has 1 aromatic heterocycles. The van der Waals surface area contributed by atoms with Crippen molar-refractivity contribution in [3.8, 4) is 0 Å². The van der Waals surface area contributed by atoms with E-state index in [1.54, 1.807) is 0 Å².